The third-order valence-corrected chi connectivity index (χ3v) is 3.21. The van der Waals surface area contributed by atoms with E-state index in [1.54, 1.807) is 0 Å². The van der Waals surface area contributed by atoms with Crippen molar-refractivity contribution < 1.29 is 4.79 Å². The molecular formula is C12H24N2O. The Balaban J connectivity index is 2.62. The minimum atomic E-state index is 0.193. The lowest BCUT2D eigenvalue weighted by Crippen LogP contribution is -2.43. The largest absolute Gasteiger partial charge is 0.340 e. The van der Waals surface area contributed by atoms with E-state index in [0.29, 0.717) is 17.9 Å². The van der Waals surface area contributed by atoms with Crippen LogP contribution in [0.4, 0.5) is 0 Å². The fraction of sp³-hybridized carbons (Fsp3) is 0.917. The molecule has 0 radical (unpaired) electrons. The quantitative estimate of drug-likeness (QED) is 0.765. The molecule has 3 heteroatoms. The van der Waals surface area contributed by atoms with E-state index < -0.39 is 0 Å². The van der Waals surface area contributed by atoms with Crippen LogP contribution < -0.4 is 5.32 Å². The van der Waals surface area contributed by atoms with Crippen molar-refractivity contribution in [2.75, 3.05) is 19.6 Å². The Hall–Kier alpha value is -0.570. The van der Waals surface area contributed by atoms with E-state index in [-0.39, 0.29) is 5.92 Å². The van der Waals surface area contributed by atoms with Gasteiger partial charge in [0.25, 0.3) is 0 Å². The van der Waals surface area contributed by atoms with E-state index in [1.165, 1.54) is 0 Å². The van der Waals surface area contributed by atoms with Crippen LogP contribution in [0.3, 0.4) is 0 Å². The molecule has 2 unspecified atom stereocenters. The predicted octanol–water partition coefficient (Wildman–Crippen LogP) is 1.49. The smallest absolute Gasteiger partial charge is 0.227 e. The van der Waals surface area contributed by atoms with Gasteiger partial charge in [0.1, 0.15) is 0 Å². The van der Waals surface area contributed by atoms with E-state index in [4.69, 9.17) is 0 Å². The lowest BCUT2D eigenvalue weighted by Gasteiger charge is -2.30. The molecule has 2 atom stereocenters. The zero-order valence-corrected chi connectivity index (χ0v) is 10.4. The maximum absolute atomic E-state index is 12.3. The van der Waals surface area contributed by atoms with Crippen molar-refractivity contribution in [2.24, 2.45) is 11.8 Å². The van der Waals surface area contributed by atoms with Gasteiger partial charge in [0.15, 0.2) is 0 Å². The summed E-state index contributed by atoms with van der Waals surface area (Å²) in [5, 5.41) is 3.29. The molecule has 0 aromatic rings. The van der Waals surface area contributed by atoms with E-state index in [2.05, 4.69) is 33.0 Å². The van der Waals surface area contributed by atoms with Gasteiger partial charge >= 0.3 is 0 Å². The van der Waals surface area contributed by atoms with Crippen LogP contribution in [0.25, 0.3) is 0 Å². The molecule has 1 amide bonds. The highest BCUT2D eigenvalue weighted by Crippen LogP contribution is 2.19. The highest BCUT2D eigenvalue weighted by atomic mass is 16.2. The molecule has 0 aromatic heterocycles. The van der Waals surface area contributed by atoms with Crippen molar-refractivity contribution in [1.29, 1.82) is 0 Å². The van der Waals surface area contributed by atoms with Gasteiger partial charge in [-0.1, -0.05) is 13.8 Å². The van der Waals surface area contributed by atoms with E-state index >= 15 is 0 Å². The van der Waals surface area contributed by atoms with E-state index in [1.807, 2.05) is 4.90 Å². The number of carbonyl (C=O) groups is 1. The van der Waals surface area contributed by atoms with Crippen molar-refractivity contribution in [3.8, 4) is 0 Å². The first-order valence-corrected chi connectivity index (χ1v) is 6.09. The number of hydrogen-bond acceptors (Lipinski definition) is 2. The fourth-order valence-corrected chi connectivity index (χ4v) is 2.22. The summed E-state index contributed by atoms with van der Waals surface area (Å²) in [5.41, 5.74) is 0. The van der Waals surface area contributed by atoms with Crippen LogP contribution in [0.2, 0.25) is 0 Å². The molecule has 0 bridgehead atoms. The normalized spacial score (nSPS) is 25.9. The van der Waals surface area contributed by atoms with Crippen LogP contribution in [0, 0.1) is 11.8 Å². The van der Waals surface area contributed by atoms with Gasteiger partial charge in [0, 0.05) is 19.1 Å². The first-order valence-electron chi connectivity index (χ1n) is 6.09. The Bertz CT molecular complexity index is 216. The number of hydrogen-bond donors (Lipinski definition) is 1. The summed E-state index contributed by atoms with van der Waals surface area (Å²) in [6, 6.07) is 0.324. The third-order valence-electron chi connectivity index (χ3n) is 3.21. The minimum Gasteiger partial charge on any atom is -0.340 e. The molecule has 0 aromatic carbocycles. The topological polar surface area (TPSA) is 32.3 Å². The average molecular weight is 212 g/mol. The van der Waals surface area contributed by atoms with Crippen molar-refractivity contribution in [1.82, 2.24) is 10.2 Å². The molecule has 1 heterocycles. The summed E-state index contributed by atoms with van der Waals surface area (Å²) in [7, 11) is 0. The van der Waals surface area contributed by atoms with Crippen molar-refractivity contribution >= 4 is 5.91 Å². The molecule has 15 heavy (non-hydrogen) atoms. The summed E-state index contributed by atoms with van der Waals surface area (Å²) in [4.78, 5) is 14.3. The van der Waals surface area contributed by atoms with Crippen molar-refractivity contribution in [3.63, 3.8) is 0 Å². The summed E-state index contributed by atoms with van der Waals surface area (Å²) in [6.45, 7) is 11.2. The van der Waals surface area contributed by atoms with Crippen LogP contribution in [-0.4, -0.2) is 36.5 Å². The Morgan fingerprint density at radius 3 is 2.53 bits per heavy atom. The Kier molecular flexibility index (Phi) is 4.58. The molecule has 1 N–H and O–H groups in total. The monoisotopic (exact) mass is 212 g/mol. The second-order valence-corrected chi connectivity index (χ2v) is 4.87. The Morgan fingerprint density at radius 2 is 2.13 bits per heavy atom. The number of nitrogens with one attached hydrogen (secondary N) is 1. The molecule has 1 saturated heterocycles. The zero-order valence-electron chi connectivity index (χ0n) is 10.4. The lowest BCUT2D eigenvalue weighted by atomic mass is 9.96. The first kappa shape index (κ1) is 12.5. The second kappa shape index (κ2) is 5.50. The van der Waals surface area contributed by atoms with Crippen LogP contribution in [0.15, 0.2) is 0 Å². The standard InChI is InChI=1S/C12H24N2O/c1-5-6-14(9(2)3)12(15)11-8-13-7-10(11)4/h9-11,13H,5-8H2,1-4H3. The number of nitrogens with zero attached hydrogens (tertiary/aromatic N) is 1. The maximum Gasteiger partial charge on any atom is 0.227 e. The molecule has 1 rings (SSSR count). The molecular weight excluding hydrogens is 188 g/mol. The van der Waals surface area contributed by atoms with Gasteiger partial charge in [0.2, 0.25) is 5.91 Å². The molecule has 0 spiro atoms. The molecule has 3 nitrogen and oxygen atoms in total. The van der Waals surface area contributed by atoms with Gasteiger partial charge < -0.3 is 10.2 Å². The molecule has 1 aliphatic rings. The predicted molar refractivity (Wildman–Crippen MR) is 62.7 cm³/mol. The maximum atomic E-state index is 12.3. The third kappa shape index (κ3) is 2.94. The van der Waals surface area contributed by atoms with Gasteiger partial charge in [-0.05, 0) is 32.7 Å². The fourth-order valence-electron chi connectivity index (χ4n) is 2.22. The van der Waals surface area contributed by atoms with E-state index in [9.17, 15) is 4.79 Å². The highest BCUT2D eigenvalue weighted by molar-refractivity contribution is 5.80. The molecule has 1 fully saturated rings. The van der Waals surface area contributed by atoms with Gasteiger partial charge in [-0.15, -0.1) is 0 Å². The molecule has 0 saturated carbocycles. The van der Waals surface area contributed by atoms with Crippen LogP contribution in [0.1, 0.15) is 34.1 Å². The highest BCUT2D eigenvalue weighted by Gasteiger charge is 2.33. The summed E-state index contributed by atoms with van der Waals surface area (Å²) in [6.07, 6.45) is 1.04. The van der Waals surface area contributed by atoms with Gasteiger partial charge in [-0.25, -0.2) is 0 Å². The SMILES string of the molecule is CCCN(C(=O)C1CNCC1C)C(C)C. The lowest BCUT2D eigenvalue weighted by molar-refractivity contribution is -0.137. The minimum absolute atomic E-state index is 0.193. The Morgan fingerprint density at radius 1 is 1.47 bits per heavy atom. The van der Waals surface area contributed by atoms with Gasteiger partial charge in [-0.3, -0.25) is 4.79 Å². The molecule has 88 valence electrons. The van der Waals surface area contributed by atoms with Crippen molar-refractivity contribution in [2.45, 2.75) is 40.2 Å². The van der Waals surface area contributed by atoms with Crippen molar-refractivity contribution in [3.05, 3.63) is 0 Å². The molecule has 0 aliphatic carbocycles. The first-order chi connectivity index (χ1) is 7.07. The van der Waals surface area contributed by atoms with Crippen LogP contribution >= 0.6 is 0 Å². The Labute approximate surface area is 93.2 Å². The summed E-state index contributed by atoms with van der Waals surface area (Å²) in [5.74, 6) is 1.01. The summed E-state index contributed by atoms with van der Waals surface area (Å²) >= 11 is 0. The van der Waals surface area contributed by atoms with Crippen LogP contribution in [-0.2, 0) is 4.79 Å². The molecule has 1 aliphatic heterocycles. The van der Waals surface area contributed by atoms with E-state index in [0.717, 1.165) is 26.1 Å². The average Bonchev–Trinajstić information content (AvgIpc) is 2.59. The zero-order chi connectivity index (χ0) is 11.4. The van der Waals surface area contributed by atoms with Crippen LogP contribution in [0.5, 0.6) is 0 Å². The number of rotatable bonds is 4. The van der Waals surface area contributed by atoms with Gasteiger partial charge in [-0.2, -0.15) is 0 Å². The van der Waals surface area contributed by atoms with Gasteiger partial charge in [0.05, 0.1) is 5.92 Å². The second-order valence-electron chi connectivity index (χ2n) is 4.87. The number of carbonyl (C=O) groups excluding carboxylic acids is 1. The summed E-state index contributed by atoms with van der Waals surface area (Å²) < 4.78 is 0. The number of amides is 1.